The highest BCUT2D eigenvalue weighted by molar-refractivity contribution is 5.31. The van der Waals surface area contributed by atoms with Crippen LogP contribution in [0.15, 0.2) is 30.3 Å². The Bertz CT molecular complexity index is 367. The monoisotopic (exact) mass is 231 g/mol. The summed E-state index contributed by atoms with van der Waals surface area (Å²) in [6.45, 7) is 3.70. The fraction of sp³-hybridized carbons (Fsp3) is 0.500. The Morgan fingerprint density at radius 3 is 2.41 bits per heavy atom. The van der Waals surface area contributed by atoms with E-state index in [0.717, 1.165) is 25.1 Å². The molecule has 1 aromatic carbocycles. The largest absolute Gasteiger partial charge is 0.309 e. The number of nitriles is 1. The molecule has 0 radical (unpaired) electrons. The lowest BCUT2D eigenvalue weighted by Gasteiger charge is -2.29. The van der Waals surface area contributed by atoms with Crippen molar-refractivity contribution in [2.45, 2.75) is 18.9 Å². The van der Waals surface area contributed by atoms with E-state index < -0.39 is 5.54 Å². The highest BCUT2D eigenvalue weighted by atomic mass is 15.1. The summed E-state index contributed by atoms with van der Waals surface area (Å²) in [5.74, 6) is 0. The Balaban J connectivity index is 2.97. The van der Waals surface area contributed by atoms with Gasteiger partial charge in [0.1, 0.15) is 5.54 Å². The molecule has 0 aliphatic carbocycles. The summed E-state index contributed by atoms with van der Waals surface area (Å²) < 4.78 is 0. The maximum atomic E-state index is 9.54. The van der Waals surface area contributed by atoms with Gasteiger partial charge in [-0.15, -0.1) is 0 Å². The zero-order chi connectivity index (χ0) is 12.7. The second-order valence-electron chi connectivity index (χ2n) is 4.47. The third-order valence-electron chi connectivity index (χ3n) is 2.87. The summed E-state index contributed by atoms with van der Waals surface area (Å²) in [4.78, 5) is 2.10. The topological polar surface area (TPSA) is 39.1 Å². The molecule has 0 saturated heterocycles. The second kappa shape index (κ2) is 6.39. The Labute approximate surface area is 104 Å². The number of rotatable bonds is 6. The molecule has 0 aromatic heterocycles. The van der Waals surface area contributed by atoms with Crippen molar-refractivity contribution in [3.05, 3.63) is 35.9 Å². The van der Waals surface area contributed by atoms with E-state index in [4.69, 9.17) is 0 Å². The van der Waals surface area contributed by atoms with Crippen molar-refractivity contribution in [3.8, 4) is 6.07 Å². The van der Waals surface area contributed by atoms with E-state index in [1.807, 2.05) is 51.4 Å². The first-order valence-electron chi connectivity index (χ1n) is 6.01. The smallest absolute Gasteiger partial charge is 0.133 e. The average Bonchev–Trinajstić information content (AvgIpc) is 2.35. The maximum absolute atomic E-state index is 9.54. The quantitative estimate of drug-likeness (QED) is 0.813. The van der Waals surface area contributed by atoms with Crippen LogP contribution in [0, 0.1) is 11.3 Å². The van der Waals surface area contributed by atoms with Crippen molar-refractivity contribution >= 4 is 0 Å². The normalized spacial score (nSPS) is 14.3. The number of nitrogens with one attached hydrogen (secondary N) is 1. The van der Waals surface area contributed by atoms with E-state index in [1.54, 1.807) is 0 Å². The Morgan fingerprint density at radius 2 is 1.94 bits per heavy atom. The van der Waals surface area contributed by atoms with Gasteiger partial charge in [0, 0.05) is 6.54 Å². The van der Waals surface area contributed by atoms with Gasteiger partial charge in [-0.1, -0.05) is 37.3 Å². The van der Waals surface area contributed by atoms with Gasteiger partial charge in [-0.05, 0) is 32.6 Å². The van der Waals surface area contributed by atoms with Gasteiger partial charge in [0.25, 0.3) is 0 Å². The van der Waals surface area contributed by atoms with Crippen LogP contribution in [0.1, 0.15) is 18.9 Å². The van der Waals surface area contributed by atoms with Crippen molar-refractivity contribution < 1.29 is 0 Å². The van der Waals surface area contributed by atoms with Crippen molar-refractivity contribution in [3.63, 3.8) is 0 Å². The first-order valence-corrected chi connectivity index (χ1v) is 6.01. The van der Waals surface area contributed by atoms with Crippen molar-refractivity contribution in [1.82, 2.24) is 10.2 Å². The predicted molar refractivity (Wildman–Crippen MR) is 70.6 cm³/mol. The minimum absolute atomic E-state index is 0.569. The standard InChI is InChI=1S/C14H21N3/c1-4-16-14(12-15,10-11-17(2)3)13-8-6-5-7-9-13/h5-9,16H,4,10-11H2,1-3H3. The molecule has 3 nitrogen and oxygen atoms in total. The molecule has 0 heterocycles. The molecule has 0 aliphatic rings. The van der Waals surface area contributed by atoms with Crippen LogP contribution in [0.4, 0.5) is 0 Å². The van der Waals surface area contributed by atoms with Crippen LogP contribution in [0.5, 0.6) is 0 Å². The van der Waals surface area contributed by atoms with Crippen LogP contribution in [-0.4, -0.2) is 32.1 Å². The highest BCUT2D eigenvalue weighted by Crippen LogP contribution is 2.24. The molecule has 17 heavy (non-hydrogen) atoms. The van der Waals surface area contributed by atoms with E-state index >= 15 is 0 Å². The molecule has 0 spiro atoms. The molecule has 0 fully saturated rings. The second-order valence-corrected chi connectivity index (χ2v) is 4.47. The fourth-order valence-electron chi connectivity index (χ4n) is 1.91. The van der Waals surface area contributed by atoms with Gasteiger partial charge >= 0.3 is 0 Å². The van der Waals surface area contributed by atoms with E-state index in [1.165, 1.54) is 0 Å². The minimum Gasteiger partial charge on any atom is -0.309 e. The maximum Gasteiger partial charge on any atom is 0.133 e. The van der Waals surface area contributed by atoms with Gasteiger partial charge < -0.3 is 4.90 Å². The van der Waals surface area contributed by atoms with E-state index in [2.05, 4.69) is 16.3 Å². The molecular weight excluding hydrogens is 210 g/mol. The van der Waals surface area contributed by atoms with Gasteiger partial charge in [-0.25, -0.2) is 0 Å². The lowest BCUT2D eigenvalue weighted by molar-refractivity contribution is 0.321. The Hall–Kier alpha value is -1.37. The number of hydrogen-bond acceptors (Lipinski definition) is 3. The molecule has 0 bridgehead atoms. The summed E-state index contributed by atoms with van der Waals surface area (Å²) in [6.07, 6.45) is 0.786. The summed E-state index contributed by atoms with van der Waals surface area (Å²) >= 11 is 0. The summed E-state index contributed by atoms with van der Waals surface area (Å²) in [5.41, 5.74) is 0.478. The molecule has 3 heteroatoms. The average molecular weight is 231 g/mol. The van der Waals surface area contributed by atoms with Crippen LogP contribution in [0.25, 0.3) is 0 Å². The third-order valence-corrected chi connectivity index (χ3v) is 2.87. The van der Waals surface area contributed by atoms with E-state index in [9.17, 15) is 5.26 Å². The molecule has 1 rings (SSSR count). The molecule has 0 saturated carbocycles. The lowest BCUT2D eigenvalue weighted by Crippen LogP contribution is -2.43. The van der Waals surface area contributed by atoms with Gasteiger partial charge in [-0.3, -0.25) is 5.32 Å². The van der Waals surface area contributed by atoms with Crippen LogP contribution < -0.4 is 5.32 Å². The summed E-state index contributed by atoms with van der Waals surface area (Å²) in [5, 5.41) is 12.9. The molecule has 1 aromatic rings. The van der Waals surface area contributed by atoms with Crippen LogP contribution >= 0.6 is 0 Å². The Morgan fingerprint density at radius 1 is 1.29 bits per heavy atom. The molecule has 1 unspecified atom stereocenters. The first kappa shape index (κ1) is 13.7. The van der Waals surface area contributed by atoms with Crippen molar-refractivity contribution in [2.75, 3.05) is 27.2 Å². The van der Waals surface area contributed by atoms with E-state index in [-0.39, 0.29) is 0 Å². The molecular formula is C14H21N3. The van der Waals surface area contributed by atoms with Crippen molar-refractivity contribution in [2.24, 2.45) is 0 Å². The molecule has 1 N–H and O–H groups in total. The van der Waals surface area contributed by atoms with Crippen molar-refractivity contribution in [1.29, 1.82) is 5.26 Å². The van der Waals surface area contributed by atoms with Gasteiger partial charge in [0.15, 0.2) is 0 Å². The molecule has 0 amide bonds. The number of nitrogens with zero attached hydrogens (tertiary/aromatic N) is 2. The lowest BCUT2D eigenvalue weighted by atomic mass is 9.87. The molecule has 1 atom stereocenters. The summed E-state index contributed by atoms with van der Waals surface area (Å²) in [6, 6.07) is 12.4. The highest BCUT2D eigenvalue weighted by Gasteiger charge is 2.30. The van der Waals surface area contributed by atoms with Gasteiger partial charge in [-0.2, -0.15) is 5.26 Å². The summed E-state index contributed by atoms with van der Waals surface area (Å²) in [7, 11) is 4.05. The zero-order valence-corrected chi connectivity index (χ0v) is 10.9. The zero-order valence-electron chi connectivity index (χ0n) is 10.9. The van der Waals surface area contributed by atoms with Crippen LogP contribution in [0.3, 0.4) is 0 Å². The fourth-order valence-corrected chi connectivity index (χ4v) is 1.91. The SMILES string of the molecule is CCNC(C#N)(CCN(C)C)c1ccccc1. The van der Waals surface area contributed by atoms with Crippen LogP contribution in [-0.2, 0) is 5.54 Å². The van der Waals surface area contributed by atoms with Crippen LogP contribution in [0.2, 0.25) is 0 Å². The number of hydrogen-bond donors (Lipinski definition) is 1. The third kappa shape index (κ3) is 3.55. The molecule has 92 valence electrons. The van der Waals surface area contributed by atoms with Gasteiger partial charge in [0.05, 0.1) is 6.07 Å². The van der Waals surface area contributed by atoms with Gasteiger partial charge in [0.2, 0.25) is 0 Å². The van der Waals surface area contributed by atoms with E-state index in [0.29, 0.717) is 0 Å². The predicted octanol–water partition coefficient (Wildman–Crippen LogP) is 1.97. The number of benzene rings is 1. The minimum atomic E-state index is -0.569. The first-order chi connectivity index (χ1) is 8.14. The molecule has 0 aliphatic heterocycles. The Kier molecular flexibility index (Phi) is 5.14.